The van der Waals surface area contributed by atoms with E-state index in [4.69, 9.17) is 5.11 Å². The summed E-state index contributed by atoms with van der Waals surface area (Å²) in [6, 6.07) is 1.46. The summed E-state index contributed by atoms with van der Waals surface area (Å²) in [7, 11) is 0. The van der Waals surface area contributed by atoms with Crippen molar-refractivity contribution in [2.45, 2.75) is 19.8 Å². The number of anilines is 1. The first-order valence-electron chi connectivity index (χ1n) is 4.25. The van der Waals surface area contributed by atoms with Gasteiger partial charge in [0.05, 0.1) is 10.6 Å². The minimum atomic E-state index is -0.975. The highest BCUT2D eigenvalue weighted by Gasteiger charge is 2.08. The van der Waals surface area contributed by atoms with Gasteiger partial charge in [0.15, 0.2) is 0 Å². The number of carboxylic acid groups (broad SMARTS) is 1. The van der Waals surface area contributed by atoms with Gasteiger partial charge in [0, 0.05) is 11.8 Å². The zero-order valence-electron chi connectivity index (χ0n) is 7.74. The second kappa shape index (κ2) is 4.76. The molecule has 0 aliphatic carbocycles. The Hall–Kier alpha value is -1.36. The summed E-state index contributed by atoms with van der Waals surface area (Å²) < 4.78 is 0. The van der Waals surface area contributed by atoms with Gasteiger partial charge in [0.25, 0.3) is 0 Å². The predicted octanol–water partition coefficient (Wildman–Crippen LogP) is 2.18. The van der Waals surface area contributed by atoms with Gasteiger partial charge < -0.3 is 10.4 Å². The van der Waals surface area contributed by atoms with E-state index in [1.807, 2.05) is 6.92 Å². The third-order valence-electron chi connectivity index (χ3n) is 1.59. The molecule has 0 fully saturated rings. The maximum Gasteiger partial charge on any atom is 0.336 e. The van der Waals surface area contributed by atoms with Crippen molar-refractivity contribution in [3.63, 3.8) is 0 Å². The number of aromatic carboxylic acids is 1. The lowest BCUT2D eigenvalue weighted by Crippen LogP contribution is -2.09. The molecule has 0 saturated carbocycles. The fourth-order valence-corrected chi connectivity index (χ4v) is 1.73. The van der Waals surface area contributed by atoms with E-state index in [0.717, 1.165) is 6.42 Å². The number of carboxylic acids is 1. The first-order valence-corrected chi connectivity index (χ1v) is 5.13. The van der Waals surface area contributed by atoms with Crippen molar-refractivity contribution in [1.82, 2.24) is 0 Å². The molecule has 1 aromatic heterocycles. The molecular weight excluding hydrogens is 202 g/mol. The summed E-state index contributed by atoms with van der Waals surface area (Å²) in [5.74, 6) is -1.05. The van der Waals surface area contributed by atoms with Gasteiger partial charge in [-0.1, -0.05) is 6.92 Å². The summed E-state index contributed by atoms with van der Waals surface area (Å²) in [6.07, 6.45) is 1.24. The molecular formula is C9H11NO3S. The van der Waals surface area contributed by atoms with Crippen LogP contribution in [0.2, 0.25) is 0 Å². The minimum absolute atomic E-state index is 0.0775. The molecule has 0 unspecified atom stereocenters. The number of thiophene rings is 1. The van der Waals surface area contributed by atoms with Crippen molar-refractivity contribution in [2.24, 2.45) is 0 Å². The van der Waals surface area contributed by atoms with E-state index in [-0.39, 0.29) is 11.5 Å². The maximum atomic E-state index is 11.1. The number of amides is 1. The monoisotopic (exact) mass is 213 g/mol. The second-order valence-corrected chi connectivity index (χ2v) is 3.71. The topological polar surface area (TPSA) is 66.4 Å². The van der Waals surface area contributed by atoms with Crippen LogP contribution in [0.15, 0.2) is 11.4 Å². The fourth-order valence-electron chi connectivity index (χ4n) is 0.941. The summed E-state index contributed by atoms with van der Waals surface area (Å²) in [5, 5.41) is 13.4. The lowest BCUT2D eigenvalue weighted by molar-refractivity contribution is -0.116. The molecule has 0 aromatic carbocycles. The van der Waals surface area contributed by atoms with E-state index < -0.39 is 5.97 Å². The number of carbonyl (C=O) groups excluding carboxylic acids is 1. The molecule has 1 heterocycles. The molecule has 4 nitrogen and oxygen atoms in total. The van der Waals surface area contributed by atoms with E-state index in [1.165, 1.54) is 22.8 Å². The standard InChI is InChI=1S/C9H11NO3S/c1-2-3-7(11)10-8-4-6(5-14-8)9(12)13/h4-5H,2-3H2,1H3,(H,10,11)(H,12,13). The average molecular weight is 213 g/mol. The maximum absolute atomic E-state index is 11.1. The summed E-state index contributed by atoms with van der Waals surface area (Å²) in [6.45, 7) is 1.91. The molecule has 0 atom stereocenters. The Bertz CT molecular complexity index is 346. The fraction of sp³-hybridized carbons (Fsp3) is 0.333. The summed E-state index contributed by atoms with van der Waals surface area (Å²) >= 11 is 1.22. The van der Waals surface area contributed by atoms with Gasteiger partial charge in [-0.3, -0.25) is 4.79 Å². The molecule has 0 aliphatic heterocycles. The van der Waals surface area contributed by atoms with Crippen LogP contribution < -0.4 is 5.32 Å². The third kappa shape index (κ3) is 2.85. The van der Waals surface area contributed by atoms with Gasteiger partial charge >= 0.3 is 5.97 Å². The normalized spacial score (nSPS) is 9.79. The van der Waals surface area contributed by atoms with Gasteiger partial charge in [-0.25, -0.2) is 4.79 Å². The van der Waals surface area contributed by atoms with Crippen molar-refractivity contribution in [3.05, 3.63) is 17.0 Å². The second-order valence-electron chi connectivity index (χ2n) is 2.80. The SMILES string of the molecule is CCCC(=O)Nc1cc(C(=O)O)cs1. The zero-order chi connectivity index (χ0) is 10.6. The molecule has 76 valence electrons. The molecule has 14 heavy (non-hydrogen) atoms. The highest BCUT2D eigenvalue weighted by molar-refractivity contribution is 7.14. The Balaban J connectivity index is 2.59. The van der Waals surface area contributed by atoms with Crippen LogP contribution in [-0.2, 0) is 4.79 Å². The molecule has 1 amide bonds. The molecule has 0 radical (unpaired) electrons. The number of rotatable bonds is 4. The predicted molar refractivity (Wildman–Crippen MR) is 54.8 cm³/mol. The molecule has 0 bridgehead atoms. The molecule has 0 spiro atoms. The Labute approximate surface area is 85.6 Å². The minimum Gasteiger partial charge on any atom is -0.478 e. The van der Waals surface area contributed by atoms with Crippen molar-refractivity contribution < 1.29 is 14.7 Å². The quantitative estimate of drug-likeness (QED) is 0.805. The van der Waals surface area contributed by atoms with Gasteiger partial charge in [-0.2, -0.15) is 0 Å². The van der Waals surface area contributed by atoms with E-state index in [1.54, 1.807) is 0 Å². The highest BCUT2D eigenvalue weighted by atomic mass is 32.1. The molecule has 2 N–H and O–H groups in total. The van der Waals surface area contributed by atoms with E-state index in [2.05, 4.69) is 5.32 Å². The van der Waals surface area contributed by atoms with Gasteiger partial charge in [-0.05, 0) is 12.5 Å². The first-order chi connectivity index (χ1) is 6.63. The number of carbonyl (C=O) groups is 2. The van der Waals surface area contributed by atoms with Crippen LogP contribution in [0.5, 0.6) is 0 Å². The van der Waals surface area contributed by atoms with Crippen LogP contribution >= 0.6 is 11.3 Å². The summed E-state index contributed by atoms with van der Waals surface area (Å²) in [5.41, 5.74) is 0.210. The molecule has 1 aromatic rings. The smallest absolute Gasteiger partial charge is 0.336 e. The van der Waals surface area contributed by atoms with Crippen LogP contribution in [-0.4, -0.2) is 17.0 Å². The Morgan fingerprint density at radius 3 is 2.79 bits per heavy atom. The van der Waals surface area contributed by atoms with Crippen molar-refractivity contribution in [2.75, 3.05) is 5.32 Å². The Morgan fingerprint density at radius 2 is 2.29 bits per heavy atom. The van der Waals surface area contributed by atoms with Crippen molar-refractivity contribution >= 4 is 28.2 Å². The Morgan fingerprint density at radius 1 is 1.57 bits per heavy atom. The van der Waals surface area contributed by atoms with Crippen molar-refractivity contribution in [1.29, 1.82) is 0 Å². The van der Waals surface area contributed by atoms with Crippen LogP contribution in [0.3, 0.4) is 0 Å². The van der Waals surface area contributed by atoms with Crippen LogP contribution in [0.1, 0.15) is 30.1 Å². The number of nitrogens with one attached hydrogen (secondary N) is 1. The lowest BCUT2D eigenvalue weighted by Gasteiger charge is -1.98. The van der Waals surface area contributed by atoms with Crippen LogP contribution in [0.4, 0.5) is 5.00 Å². The largest absolute Gasteiger partial charge is 0.478 e. The van der Waals surface area contributed by atoms with E-state index in [0.29, 0.717) is 11.4 Å². The number of hydrogen-bond acceptors (Lipinski definition) is 3. The van der Waals surface area contributed by atoms with Gasteiger partial charge in [-0.15, -0.1) is 11.3 Å². The molecule has 0 saturated heterocycles. The summed E-state index contributed by atoms with van der Waals surface area (Å²) in [4.78, 5) is 21.7. The van der Waals surface area contributed by atoms with Crippen LogP contribution in [0.25, 0.3) is 0 Å². The van der Waals surface area contributed by atoms with E-state index >= 15 is 0 Å². The lowest BCUT2D eigenvalue weighted by atomic mass is 10.3. The molecule has 1 rings (SSSR count). The molecule has 0 aliphatic rings. The Kier molecular flexibility index (Phi) is 3.64. The number of hydrogen-bond donors (Lipinski definition) is 2. The zero-order valence-corrected chi connectivity index (χ0v) is 8.56. The van der Waals surface area contributed by atoms with Gasteiger partial charge in [0.1, 0.15) is 0 Å². The highest BCUT2D eigenvalue weighted by Crippen LogP contribution is 2.20. The van der Waals surface area contributed by atoms with Crippen molar-refractivity contribution in [3.8, 4) is 0 Å². The van der Waals surface area contributed by atoms with Gasteiger partial charge in [0.2, 0.25) is 5.91 Å². The molecule has 5 heteroatoms. The third-order valence-corrected chi connectivity index (χ3v) is 2.43. The average Bonchev–Trinajstić information content (AvgIpc) is 2.53. The van der Waals surface area contributed by atoms with Crippen LogP contribution in [0, 0.1) is 0 Å². The first kappa shape index (κ1) is 10.7. The van der Waals surface area contributed by atoms with E-state index in [9.17, 15) is 9.59 Å².